The van der Waals surface area contributed by atoms with Crippen molar-refractivity contribution in [3.8, 4) is 0 Å². The first-order valence-electron chi connectivity index (χ1n) is 18.9. The van der Waals surface area contributed by atoms with E-state index in [-0.39, 0.29) is 23.8 Å². The Bertz CT molecular complexity index is 575. The molecule has 0 aromatic rings. The number of carbonyl (C=O) groups excluding carboxylic acids is 2. The zero-order valence-corrected chi connectivity index (χ0v) is 29.0. The highest BCUT2D eigenvalue weighted by molar-refractivity contribution is 5.82. The molecule has 0 rings (SSSR count). The molecule has 4 heteroatoms. The van der Waals surface area contributed by atoms with Crippen LogP contribution in [0.1, 0.15) is 207 Å². The third-order valence-corrected chi connectivity index (χ3v) is 8.81. The van der Waals surface area contributed by atoms with Crippen LogP contribution >= 0.6 is 0 Å². The Morgan fingerprint density at radius 2 is 0.595 bits per heavy atom. The molecule has 0 heterocycles. The van der Waals surface area contributed by atoms with Crippen molar-refractivity contribution in [3.05, 3.63) is 0 Å². The normalized spacial score (nSPS) is 12.8. The number of carbonyl (C=O) groups is 2. The van der Waals surface area contributed by atoms with E-state index in [0.29, 0.717) is 13.2 Å². The van der Waals surface area contributed by atoms with Crippen molar-refractivity contribution in [2.45, 2.75) is 207 Å². The molecule has 0 aliphatic heterocycles. The molecule has 0 aromatic carbocycles. The van der Waals surface area contributed by atoms with Gasteiger partial charge >= 0.3 is 11.9 Å². The van der Waals surface area contributed by atoms with Crippen LogP contribution < -0.4 is 0 Å². The summed E-state index contributed by atoms with van der Waals surface area (Å²) in [4.78, 5) is 26.5. The fraction of sp³-hybridized carbons (Fsp3) is 0.947. The molecule has 0 aliphatic rings. The Balaban J connectivity index is 4.68. The van der Waals surface area contributed by atoms with Gasteiger partial charge in [-0.2, -0.15) is 0 Å². The molecule has 2 atom stereocenters. The highest BCUT2D eigenvalue weighted by Crippen LogP contribution is 2.28. The summed E-state index contributed by atoms with van der Waals surface area (Å²) < 4.78 is 11.4. The summed E-state index contributed by atoms with van der Waals surface area (Å²) in [5.74, 6) is -1.07. The van der Waals surface area contributed by atoms with Gasteiger partial charge in [-0.1, -0.05) is 182 Å². The van der Waals surface area contributed by atoms with E-state index in [0.717, 1.165) is 64.2 Å². The first kappa shape index (κ1) is 40.9. The van der Waals surface area contributed by atoms with Gasteiger partial charge in [-0.05, 0) is 25.7 Å². The van der Waals surface area contributed by atoms with Crippen molar-refractivity contribution in [2.75, 3.05) is 13.2 Å². The van der Waals surface area contributed by atoms with E-state index < -0.39 is 0 Å². The average molecular weight is 595 g/mol. The summed E-state index contributed by atoms with van der Waals surface area (Å²) in [7, 11) is 0. The number of hydrogen-bond acceptors (Lipinski definition) is 4. The SMILES string of the molecule is CCCCCCCCCCCCCCCCC(C(=O)OCCCC)C(CCCCCCCCCC)C(=O)OCCCC. The lowest BCUT2D eigenvalue weighted by Crippen LogP contribution is -2.33. The Hall–Kier alpha value is -1.06. The quantitative estimate of drug-likeness (QED) is 0.0560. The van der Waals surface area contributed by atoms with Crippen molar-refractivity contribution in [3.63, 3.8) is 0 Å². The van der Waals surface area contributed by atoms with Gasteiger partial charge < -0.3 is 9.47 Å². The fourth-order valence-corrected chi connectivity index (χ4v) is 5.87. The van der Waals surface area contributed by atoms with E-state index in [2.05, 4.69) is 27.7 Å². The van der Waals surface area contributed by atoms with Crippen LogP contribution in [-0.4, -0.2) is 25.2 Å². The van der Waals surface area contributed by atoms with Crippen LogP contribution in [0.4, 0.5) is 0 Å². The zero-order chi connectivity index (χ0) is 30.9. The maximum absolute atomic E-state index is 13.3. The number of hydrogen-bond donors (Lipinski definition) is 0. The molecule has 0 aliphatic carbocycles. The maximum Gasteiger partial charge on any atom is 0.309 e. The molecule has 0 spiro atoms. The molecule has 42 heavy (non-hydrogen) atoms. The highest BCUT2D eigenvalue weighted by Gasteiger charge is 2.35. The van der Waals surface area contributed by atoms with Gasteiger partial charge in [0, 0.05) is 0 Å². The molecular weight excluding hydrogens is 520 g/mol. The summed E-state index contributed by atoms with van der Waals surface area (Å²) in [6.45, 7) is 9.66. The van der Waals surface area contributed by atoms with E-state index in [4.69, 9.17) is 9.47 Å². The van der Waals surface area contributed by atoms with Gasteiger partial charge in [-0.15, -0.1) is 0 Å². The standard InChI is InChI=1S/C38H74O4/c1-5-9-13-15-17-19-20-21-22-23-24-26-28-30-32-36(38(40)42-34-12-8-4)35(37(39)41-33-11-7-3)31-29-27-25-18-16-14-10-6-2/h35-36H,5-34H2,1-4H3. The lowest BCUT2D eigenvalue weighted by atomic mass is 9.83. The fourth-order valence-electron chi connectivity index (χ4n) is 5.87. The number of rotatable bonds is 33. The monoisotopic (exact) mass is 595 g/mol. The average Bonchev–Trinajstić information content (AvgIpc) is 2.99. The Morgan fingerprint density at radius 3 is 0.857 bits per heavy atom. The molecule has 0 saturated carbocycles. The maximum atomic E-state index is 13.3. The van der Waals surface area contributed by atoms with E-state index >= 15 is 0 Å². The second kappa shape index (κ2) is 32.8. The van der Waals surface area contributed by atoms with E-state index in [9.17, 15) is 9.59 Å². The first-order valence-corrected chi connectivity index (χ1v) is 18.9. The molecule has 0 saturated heterocycles. The van der Waals surface area contributed by atoms with Gasteiger partial charge in [0.1, 0.15) is 0 Å². The molecule has 2 unspecified atom stereocenters. The minimum absolute atomic E-state index is 0.171. The zero-order valence-electron chi connectivity index (χ0n) is 29.0. The van der Waals surface area contributed by atoms with Crippen LogP contribution in [0.3, 0.4) is 0 Å². The largest absolute Gasteiger partial charge is 0.465 e. The third-order valence-electron chi connectivity index (χ3n) is 8.81. The van der Waals surface area contributed by atoms with E-state index in [1.165, 1.54) is 116 Å². The predicted molar refractivity (Wildman–Crippen MR) is 181 cm³/mol. The molecule has 0 bridgehead atoms. The summed E-state index contributed by atoms with van der Waals surface area (Å²) in [5, 5.41) is 0. The third kappa shape index (κ3) is 25.4. The van der Waals surface area contributed by atoms with Crippen LogP contribution in [-0.2, 0) is 19.1 Å². The minimum Gasteiger partial charge on any atom is -0.465 e. The molecular formula is C38H74O4. The summed E-state index contributed by atoms with van der Waals surface area (Å²) >= 11 is 0. The van der Waals surface area contributed by atoms with Crippen molar-refractivity contribution in [1.29, 1.82) is 0 Å². The van der Waals surface area contributed by atoms with Crippen molar-refractivity contribution < 1.29 is 19.1 Å². The summed E-state index contributed by atoms with van der Waals surface area (Å²) in [6.07, 6.45) is 33.5. The van der Waals surface area contributed by atoms with Crippen molar-refractivity contribution >= 4 is 11.9 Å². The van der Waals surface area contributed by atoms with Crippen LogP contribution in [0.2, 0.25) is 0 Å². The molecule has 4 nitrogen and oxygen atoms in total. The second-order valence-electron chi connectivity index (χ2n) is 12.9. The lowest BCUT2D eigenvalue weighted by Gasteiger charge is -2.25. The van der Waals surface area contributed by atoms with Gasteiger partial charge in [0.15, 0.2) is 0 Å². The topological polar surface area (TPSA) is 52.6 Å². The predicted octanol–water partition coefficient (Wildman–Crippen LogP) is 12.3. The smallest absolute Gasteiger partial charge is 0.309 e. The van der Waals surface area contributed by atoms with Gasteiger partial charge in [-0.25, -0.2) is 0 Å². The van der Waals surface area contributed by atoms with Crippen LogP contribution in [0.25, 0.3) is 0 Å². The molecule has 250 valence electrons. The molecule has 0 radical (unpaired) electrons. The molecule has 0 amide bonds. The Labute approximate surface area is 263 Å². The molecule has 0 aromatic heterocycles. The van der Waals surface area contributed by atoms with Crippen molar-refractivity contribution in [1.82, 2.24) is 0 Å². The van der Waals surface area contributed by atoms with E-state index in [1.54, 1.807) is 0 Å². The minimum atomic E-state index is -0.363. The van der Waals surface area contributed by atoms with Crippen molar-refractivity contribution in [2.24, 2.45) is 11.8 Å². The first-order chi connectivity index (χ1) is 20.6. The highest BCUT2D eigenvalue weighted by atomic mass is 16.5. The Morgan fingerprint density at radius 1 is 0.357 bits per heavy atom. The Kier molecular flexibility index (Phi) is 32.0. The van der Waals surface area contributed by atoms with Gasteiger partial charge in [0.2, 0.25) is 0 Å². The second-order valence-corrected chi connectivity index (χ2v) is 12.9. The molecule has 0 N–H and O–H groups in total. The summed E-state index contributed by atoms with van der Waals surface area (Å²) in [5.41, 5.74) is 0. The van der Waals surface area contributed by atoms with E-state index in [1.807, 2.05) is 0 Å². The number of esters is 2. The number of unbranched alkanes of at least 4 members (excludes halogenated alkanes) is 22. The lowest BCUT2D eigenvalue weighted by molar-refractivity contribution is -0.161. The number of ether oxygens (including phenoxy) is 2. The van der Waals surface area contributed by atoms with Crippen LogP contribution in [0, 0.1) is 11.8 Å². The van der Waals surface area contributed by atoms with Gasteiger partial charge in [-0.3, -0.25) is 9.59 Å². The van der Waals surface area contributed by atoms with Gasteiger partial charge in [0.05, 0.1) is 25.0 Å². The van der Waals surface area contributed by atoms with Crippen LogP contribution in [0.5, 0.6) is 0 Å². The van der Waals surface area contributed by atoms with Crippen LogP contribution in [0.15, 0.2) is 0 Å². The molecule has 0 fully saturated rings. The summed E-state index contributed by atoms with van der Waals surface area (Å²) in [6, 6.07) is 0. The van der Waals surface area contributed by atoms with Gasteiger partial charge in [0.25, 0.3) is 0 Å².